The van der Waals surface area contributed by atoms with E-state index in [9.17, 15) is 0 Å². The fourth-order valence-corrected chi connectivity index (χ4v) is 2.24. The number of nitrogens with two attached hydrogens (primary N) is 1. The van der Waals surface area contributed by atoms with Gasteiger partial charge in [0.05, 0.1) is 0 Å². The summed E-state index contributed by atoms with van der Waals surface area (Å²) in [5.74, 6) is 2.34. The van der Waals surface area contributed by atoms with Gasteiger partial charge >= 0.3 is 0 Å². The second-order valence-electron chi connectivity index (χ2n) is 5.58. The quantitative estimate of drug-likeness (QED) is 0.861. The SMILES string of the molecule is Cc1cc(N)cc(-c2nc(CC(C)C)nn2C)c1C. The fourth-order valence-electron chi connectivity index (χ4n) is 2.24. The first kappa shape index (κ1) is 13.6. The number of hydrogen-bond acceptors (Lipinski definition) is 3. The Bertz CT molecular complexity index is 596. The van der Waals surface area contributed by atoms with E-state index in [1.54, 1.807) is 0 Å². The Hall–Kier alpha value is -1.84. The van der Waals surface area contributed by atoms with Crippen molar-refractivity contribution in [3.8, 4) is 11.4 Å². The molecule has 1 aromatic carbocycles. The third kappa shape index (κ3) is 2.78. The number of rotatable bonds is 3. The second-order valence-corrected chi connectivity index (χ2v) is 5.58. The maximum atomic E-state index is 5.95. The van der Waals surface area contributed by atoms with E-state index in [0.29, 0.717) is 5.92 Å². The first-order chi connectivity index (χ1) is 8.88. The molecule has 102 valence electrons. The number of benzene rings is 1. The molecular formula is C15H22N4. The van der Waals surface area contributed by atoms with Crippen molar-refractivity contribution in [2.45, 2.75) is 34.1 Å². The van der Waals surface area contributed by atoms with Crippen LogP contribution in [0.2, 0.25) is 0 Å². The van der Waals surface area contributed by atoms with Gasteiger partial charge in [-0.05, 0) is 43.0 Å². The number of aryl methyl sites for hydroxylation is 2. The zero-order valence-corrected chi connectivity index (χ0v) is 12.4. The van der Waals surface area contributed by atoms with Gasteiger partial charge in [0, 0.05) is 24.7 Å². The molecule has 0 radical (unpaired) electrons. The molecule has 0 aliphatic carbocycles. The van der Waals surface area contributed by atoms with Crippen molar-refractivity contribution in [2.24, 2.45) is 13.0 Å². The minimum absolute atomic E-state index is 0.555. The molecule has 0 saturated heterocycles. The standard InChI is InChI=1S/C15H22N4/c1-9(2)6-14-17-15(19(5)18-14)13-8-12(16)7-10(3)11(13)4/h7-9H,6,16H2,1-5H3. The van der Waals surface area contributed by atoms with E-state index in [1.807, 2.05) is 23.9 Å². The van der Waals surface area contributed by atoms with Gasteiger partial charge < -0.3 is 5.73 Å². The fraction of sp³-hybridized carbons (Fsp3) is 0.467. The molecule has 4 nitrogen and oxygen atoms in total. The van der Waals surface area contributed by atoms with Gasteiger partial charge in [-0.1, -0.05) is 13.8 Å². The van der Waals surface area contributed by atoms with Crippen LogP contribution in [0.25, 0.3) is 11.4 Å². The van der Waals surface area contributed by atoms with E-state index in [1.165, 1.54) is 11.1 Å². The molecule has 2 N–H and O–H groups in total. The Morgan fingerprint density at radius 3 is 2.58 bits per heavy atom. The second kappa shape index (κ2) is 5.03. The lowest BCUT2D eigenvalue weighted by atomic mass is 10.0. The molecule has 2 rings (SSSR count). The summed E-state index contributed by atoms with van der Waals surface area (Å²) < 4.78 is 1.85. The Morgan fingerprint density at radius 2 is 1.95 bits per heavy atom. The molecular weight excluding hydrogens is 236 g/mol. The number of aromatic nitrogens is 3. The first-order valence-corrected chi connectivity index (χ1v) is 6.65. The zero-order valence-electron chi connectivity index (χ0n) is 12.4. The number of nitrogens with zero attached hydrogens (tertiary/aromatic N) is 3. The molecule has 0 saturated carbocycles. The Kier molecular flexibility index (Phi) is 3.60. The van der Waals surface area contributed by atoms with E-state index < -0.39 is 0 Å². The van der Waals surface area contributed by atoms with Gasteiger partial charge in [-0.2, -0.15) is 5.10 Å². The molecule has 1 heterocycles. The molecule has 4 heteroatoms. The molecule has 1 aromatic heterocycles. The summed E-state index contributed by atoms with van der Waals surface area (Å²) in [6.45, 7) is 8.51. The lowest BCUT2D eigenvalue weighted by Gasteiger charge is -2.09. The summed E-state index contributed by atoms with van der Waals surface area (Å²) in [6, 6.07) is 3.97. The highest BCUT2D eigenvalue weighted by Crippen LogP contribution is 2.27. The van der Waals surface area contributed by atoms with Crippen LogP contribution >= 0.6 is 0 Å². The minimum atomic E-state index is 0.555. The zero-order chi connectivity index (χ0) is 14.2. The van der Waals surface area contributed by atoms with E-state index in [4.69, 9.17) is 5.73 Å². The van der Waals surface area contributed by atoms with E-state index >= 15 is 0 Å². The van der Waals surface area contributed by atoms with Crippen LogP contribution in [0.5, 0.6) is 0 Å². The van der Waals surface area contributed by atoms with Crippen molar-refractivity contribution in [2.75, 3.05) is 5.73 Å². The molecule has 0 amide bonds. The van der Waals surface area contributed by atoms with Crippen molar-refractivity contribution in [3.63, 3.8) is 0 Å². The largest absolute Gasteiger partial charge is 0.399 e. The van der Waals surface area contributed by atoms with Crippen molar-refractivity contribution in [1.82, 2.24) is 14.8 Å². The summed E-state index contributed by atoms with van der Waals surface area (Å²) in [7, 11) is 1.93. The van der Waals surface area contributed by atoms with Gasteiger partial charge in [-0.25, -0.2) is 9.67 Å². The Morgan fingerprint density at radius 1 is 1.26 bits per heavy atom. The van der Waals surface area contributed by atoms with Crippen LogP contribution in [-0.4, -0.2) is 14.8 Å². The van der Waals surface area contributed by atoms with E-state index in [-0.39, 0.29) is 0 Å². The van der Waals surface area contributed by atoms with Crippen LogP contribution in [0.4, 0.5) is 5.69 Å². The van der Waals surface area contributed by atoms with Crippen LogP contribution in [0.15, 0.2) is 12.1 Å². The van der Waals surface area contributed by atoms with Crippen LogP contribution < -0.4 is 5.73 Å². The predicted octanol–water partition coefficient (Wildman–Crippen LogP) is 2.88. The Labute approximate surface area is 114 Å². The van der Waals surface area contributed by atoms with Crippen LogP contribution in [-0.2, 0) is 13.5 Å². The molecule has 0 unspecified atom stereocenters. The number of hydrogen-bond donors (Lipinski definition) is 1. The van der Waals surface area contributed by atoms with Crippen LogP contribution in [0, 0.1) is 19.8 Å². The molecule has 0 bridgehead atoms. The van der Waals surface area contributed by atoms with Gasteiger partial charge in [-0.15, -0.1) is 0 Å². The maximum Gasteiger partial charge on any atom is 0.158 e. The van der Waals surface area contributed by atoms with Gasteiger partial charge in [0.25, 0.3) is 0 Å². The highest BCUT2D eigenvalue weighted by Gasteiger charge is 2.14. The first-order valence-electron chi connectivity index (χ1n) is 6.65. The lowest BCUT2D eigenvalue weighted by Crippen LogP contribution is -1.99. The number of anilines is 1. The predicted molar refractivity (Wildman–Crippen MR) is 78.9 cm³/mol. The summed E-state index contributed by atoms with van der Waals surface area (Å²) in [5.41, 5.74) is 10.2. The van der Waals surface area contributed by atoms with Gasteiger partial charge in [-0.3, -0.25) is 0 Å². The van der Waals surface area contributed by atoms with Gasteiger partial charge in [0.15, 0.2) is 11.6 Å². The van der Waals surface area contributed by atoms with Gasteiger partial charge in [0.2, 0.25) is 0 Å². The average Bonchev–Trinajstić information content (AvgIpc) is 2.63. The van der Waals surface area contributed by atoms with E-state index in [2.05, 4.69) is 37.8 Å². The monoisotopic (exact) mass is 258 g/mol. The third-order valence-electron chi connectivity index (χ3n) is 3.33. The minimum Gasteiger partial charge on any atom is -0.399 e. The molecule has 0 atom stereocenters. The highest BCUT2D eigenvalue weighted by atomic mass is 15.3. The molecule has 2 aromatic rings. The normalized spacial score (nSPS) is 11.3. The molecule has 0 spiro atoms. The summed E-state index contributed by atoms with van der Waals surface area (Å²) in [4.78, 5) is 4.66. The van der Waals surface area contributed by atoms with Gasteiger partial charge in [0.1, 0.15) is 0 Å². The van der Waals surface area contributed by atoms with Crippen molar-refractivity contribution in [3.05, 3.63) is 29.1 Å². The molecule has 0 aliphatic heterocycles. The highest BCUT2D eigenvalue weighted by molar-refractivity contribution is 5.67. The maximum absolute atomic E-state index is 5.95. The van der Waals surface area contributed by atoms with E-state index in [0.717, 1.165) is 29.3 Å². The number of nitrogen functional groups attached to an aromatic ring is 1. The van der Waals surface area contributed by atoms with Crippen molar-refractivity contribution in [1.29, 1.82) is 0 Å². The summed E-state index contributed by atoms with van der Waals surface area (Å²) >= 11 is 0. The van der Waals surface area contributed by atoms with Crippen molar-refractivity contribution < 1.29 is 0 Å². The van der Waals surface area contributed by atoms with Crippen molar-refractivity contribution >= 4 is 5.69 Å². The topological polar surface area (TPSA) is 56.7 Å². The lowest BCUT2D eigenvalue weighted by molar-refractivity contribution is 0.613. The van der Waals surface area contributed by atoms with Crippen LogP contribution in [0.3, 0.4) is 0 Å². The summed E-state index contributed by atoms with van der Waals surface area (Å²) in [6.07, 6.45) is 0.897. The smallest absolute Gasteiger partial charge is 0.158 e. The molecule has 0 fully saturated rings. The average molecular weight is 258 g/mol. The Balaban J connectivity index is 2.50. The third-order valence-corrected chi connectivity index (χ3v) is 3.33. The molecule has 0 aliphatic rings. The summed E-state index contributed by atoms with van der Waals surface area (Å²) in [5, 5.41) is 4.49. The van der Waals surface area contributed by atoms with Crippen LogP contribution in [0.1, 0.15) is 30.8 Å². The molecule has 19 heavy (non-hydrogen) atoms.